The Morgan fingerprint density at radius 2 is 1.47 bits per heavy atom. The van der Waals surface area contributed by atoms with Crippen LogP contribution < -0.4 is 0 Å². The SMILES string of the molecule is C/C=C/C[N+](C)(C/C=C/C)CC(=O)C(C)(C)C. The van der Waals surface area contributed by atoms with Crippen LogP contribution >= 0.6 is 0 Å². The summed E-state index contributed by atoms with van der Waals surface area (Å²) in [6.07, 6.45) is 8.38. The predicted octanol–water partition coefficient (Wildman–Crippen LogP) is 3.20. The highest BCUT2D eigenvalue weighted by Crippen LogP contribution is 2.17. The van der Waals surface area contributed by atoms with Gasteiger partial charge in [0.2, 0.25) is 0 Å². The first-order valence-electron chi connectivity index (χ1n) is 6.34. The van der Waals surface area contributed by atoms with Gasteiger partial charge in [0.1, 0.15) is 6.54 Å². The molecule has 0 aliphatic rings. The summed E-state index contributed by atoms with van der Waals surface area (Å²) in [4.78, 5) is 12.1. The van der Waals surface area contributed by atoms with Crippen molar-refractivity contribution in [3.63, 3.8) is 0 Å². The van der Waals surface area contributed by atoms with Gasteiger partial charge in [-0.2, -0.15) is 0 Å². The fourth-order valence-electron chi connectivity index (χ4n) is 1.51. The lowest BCUT2D eigenvalue weighted by atomic mass is 9.90. The summed E-state index contributed by atoms with van der Waals surface area (Å²) in [5, 5.41) is 0. The zero-order valence-electron chi connectivity index (χ0n) is 12.3. The summed E-state index contributed by atoms with van der Waals surface area (Å²) in [7, 11) is 2.14. The molecule has 0 heterocycles. The largest absolute Gasteiger partial charge is 0.313 e. The van der Waals surface area contributed by atoms with Crippen molar-refractivity contribution in [2.45, 2.75) is 34.6 Å². The smallest absolute Gasteiger partial charge is 0.192 e. The molecule has 2 heteroatoms. The first-order chi connectivity index (χ1) is 7.75. The summed E-state index contributed by atoms with van der Waals surface area (Å²) >= 11 is 0. The molecule has 17 heavy (non-hydrogen) atoms. The molecule has 0 unspecified atom stereocenters. The second-order valence-corrected chi connectivity index (χ2v) is 5.95. The Kier molecular flexibility index (Phi) is 6.40. The van der Waals surface area contributed by atoms with Crippen molar-refractivity contribution >= 4 is 5.78 Å². The molecule has 0 fully saturated rings. The van der Waals surface area contributed by atoms with Crippen LogP contribution in [0.15, 0.2) is 24.3 Å². The lowest BCUT2D eigenvalue weighted by Gasteiger charge is -2.34. The molecular weight excluding hydrogens is 210 g/mol. The Morgan fingerprint density at radius 3 is 1.76 bits per heavy atom. The van der Waals surface area contributed by atoms with E-state index in [0.29, 0.717) is 12.3 Å². The molecule has 0 saturated heterocycles. The first kappa shape index (κ1) is 16.1. The monoisotopic (exact) mass is 238 g/mol. The quantitative estimate of drug-likeness (QED) is 0.513. The molecule has 0 aliphatic heterocycles. The minimum Gasteiger partial charge on any atom is -0.313 e. The normalized spacial score (nSPS) is 13.8. The summed E-state index contributed by atoms with van der Waals surface area (Å²) < 4.78 is 0.755. The standard InChI is InChI=1S/C15H28NO/c1-7-9-11-16(6,12-10-8-2)13-14(17)15(3,4)5/h7-10H,11-13H2,1-6H3/q+1/b9-7+,10-8+. The Morgan fingerprint density at radius 1 is 1.06 bits per heavy atom. The highest BCUT2D eigenvalue weighted by molar-refractivity contribution is 5.84. The van der Waals surface area contributed by atoms with E-state index in [0.717, 1.165) is 17.6 Å². The van der Waals surface area contributed by atoms with E-state index in [1.165, 1.54) is 0 Å². The minimum absolute atomic E-state index is 0.245. The topological polar surface area (TPSA) is 17.1 Å². The molecule has 0 spiro atoms. The number of carbonyl (C=O) groups excluding carboxylic acids is 1. The molecule has 0 aromatic rings. The van der Waals surface area contributed by atoms with Gasteiger partial charge in [0.15, 0.2) is 5.78 Å². The van der Waals surface area contributed by atoms with Gasteiger partial charge in [0, 0.05) is 5.41 Å². The van der Waals surface area contributed by atoms with Crippen molar-refractivity contribution in [1.82, 2.24) is 0 Å². The Labute approximate surface area is 107 Å². The molecule has 98 valence electrons. The van der Waals surface area contributed by atoms with Gasteiger partial charge < -0.3 is 4.48 Å². The summed E-state index contributed by atoms with van der Waals surface area (Å²) in [5.41, 5.74) is -0.245. The number of ketones is 1. The van der Waals surface area contributed by atoms with Gasteiger partial charge in [-0.15, -0.1) is 0 Å². The maximum Gasteiger partial charge on any atom is 0.192 e. The second-order valence-electron chi connectivity index (χ2n) is 5.95. The van der Waals surface area contributed by atoms with Gasteiger partial charge in [0.25, 0.3) is 0 Å². The van der Waals surface area contributed by atoms with Crippen molar-refractivity contribution in [2.75, 3.05) is 26.7 Å². The van der Waals surface area contributed by atoms with Crippen LogP contribution in [0.5, 0.6) is 0 Å². The molecule has 0 aromatic carbocycles. The highest BCUT2D eigenvalue weighted by Gasteiger charge is 2.30. The molecule has 0 N–H and O–H groups in total. The lowest BCUT2D eigenvalue weighted by Crippen LogP contribution is -2.50. The molecule has 0 amide bonds. The van der Waals surface area contributed by atoms with Crippen molar-refractivity contribution in [2.24, 2.45) is 5.41 Å². The van der Waals surface area contributed by atoms with E-state index in [1.54, 1.807) is 0 Å². The Balaban J connectivity index is 4.74. The van der Waals surface area contributed by atoms with Gasteiger partial charge in [-0.05, 0) is 26.0 Å². The number of likely N-dealkylation sites (N-methyl/N-ethyl adjacent to an activating group) is 1. The molecule has 0 aliphatic carbocycles. The number of carbonyl (C=O) groups is 1. The Hall–Kier alpha value is -0.890. The van der Waals surface area contributed by atoms with E-state index >= 15 is 0 Å². The van der Waals surface area contributed by atoms with Gasteiger partial charge in [-0.25, -0.2) is 0 Å². The van der Waals surface area contributed by atoms with Crippen LogP contribution in [0.3, 0.4) is 0 Å². The van der Waals surface area contributed by atoms with Crippen molar-refractivity contribution in [3.05, 3.63) is 24.3 Å². The molecule has 0 bridgehead atoms. The molecular formula is C15H28NO+. The molecule has 0 atom stereocenters. The molecule has 2 nitrogen and oxygen atoms in total. The van der Waals surface area contributed by atoms with E-state index in [9.17, 15) is 4.79 Å². The van der Waals surface area contributed by atoms with Gasteiger partial charge in [0.05, 0.1) is 20.1 Å². The third kappa shape index (κ3) is 6.42. The average molecular weight is 238 g/mol. The van der Waals surface area contributed by atoms with Crippen LogP contribution in [0.25, 0.3) is 0 Å². The molecule has 0 rings (SSSR count). The summed E-state index contributed by atoms with van der Waals surface area (Å²) in [5.74, 6) is 0.328. The first-order valence-corrected chi connectivity index (χ1v) is 6.34. The third-order valence-corrected chi connectivity index (χ3v) is 2.93. The van der Waals surface area contributed by atoms with E-state index < -0.39 is 0 Å². The number of quaternary nitrogens is 1. The lowest BCUT2D eigenvalue weighted by molar-refractivity contribution is -0.890. The maximum atomic E-state index is 12.1. The third-order valence-electron chi connectivity index (χ3n) is 2.93. The molecule has 0 aromatic heterocycles. The Bertz CT molecular complexity index is 281. The molecule has 0 saturated carbocycles. The van der Waals surface area contributed by atoms with E-state index in [-0.39, 0.29) is 5.41 Å². The maximum absolute atomic E-state index is 12.1. The molecule has 0 radical (unpaired) electrons. The zero-order valence-corrected chi connectivity index (χ0v) is 12.3. The number of hydrogen-bond donors (Lipinski definition) is 0. The minimum atomic E-state index is -0.245. The zero-order chi connectivity index (χ0) is 13.5. The van der Waals surface area contributed by atoms with E-state index in [4.69, 9.17) is 0 Å². The van der Waals surface area contributed by atoms with Gasteiger partial charge >= 0.3 is 0 Å². The number of nitrogens with zero attached hydrogens (tertiary/aromatic N) is 1. The van der Waals surface area contributed by atoms with Crippen molar-refractivity contribution < 1.29 is 9.28 Å². The van der Waals surface area contributed by atoms with Crippen LogP contribution in [0.2, 0.25) is 0 Å². The summed E-state index contributed by atoms with van der Waals surface area (Å²) in [6.45, 7) is 12.4. The number of rotatable bonds is 6. The fourth-order valence-corrected chi connectivity index (χ4v) is 1.51. The van der Waals surface area contributed by atoms with Gasteiger partial charge in [-0.3, -0.25) is 4.79 Å². The van der Waals surface area contributed by atoms with Crippen LogP contribution in [0.1, 0.15) is 34.6 Å². The summed E-state index contributed by atoms with van der Waals surface area (Å²) in [6, 6.07) is 0. The van der Waals surface area contributed by atoms with E-state index in [2.05, 4.69) is 19.2 Å². The van der Waals surface area contributed by atoms with Crippen molar-refractivity contribution in [3.8, 4) is 0 Å². The van der Waals surface area contributed by atoms with Crippen LogP contribution in [0, 0.1) is 5.41 Å². The number of hydrogen-bond acceptors (Lipinski definition) is 1. The van der Waals surface area contributed by atoms with E-state index in [1.807, 2.05) is 46.8 Å². The van der Waals surface area contributed by atoms with Crippen LogP contribution in [-0.4, -0.2) is 36.9 Å². The predicted molar refractivity (Wildman–Crippen MR) is 74.9 cm³/mol. The second kappa shape index (κ2) is 6.75. The van der Waals surface area contributed by atoms with Gasteiger partial charge in [-0.1, -0.05) is 32.9 Å². The fraction of sp³-hybridized carbons (Fsp3) is 0.667. The average Bonchev–Trinajstić information content (AvgIpc) is 2.22. The van der Waals surface area contributed by atoms with Crippen molar-refractivity contribution in [1.29, 1.82) is 0 Å². The number of allylic oxidation sites excluding steroid dienone is 2. The van der Waals surface area contributed by atoms with Crippen LogP contribution in [0.4, 0.5) is 0 Å². The highest BCUT2D eigenvalue weighted by atomic mass is 16.1. The van der Waals surface area contributed by atoms with Crippen LogP contribution in [-0.2, 0) is 4.79 Å². The number of Topliss-reactive ketones (excluding diaryl/α,β-unsaturated/α-hetero) is 1.